The second-order valence-electron chi connectivity index (χ2n) is 2.99. The van der Waals surface area contributed by atoms with Gasteiger partial charge in [-0.05, 0) is 20.8 Å². The van der Waals surface area contributed by atoms with Gasteiger partial charge in [0.25, 0.3) is 0 Å². The van der Waals surface area contributed by atoms with Gasteiger partial charge >= 0.3 is 5.97 Å². The van der Waals surface area contributed by atoms with Gasteiger partial charge in [0, 0.05) is 17.9 Å². The van der Waals surface area contributed by atoms with Gasteiger partial charge in [-0.25, -0.2) is 9.78 Å². The standard InChI is InChI=1S/C8H12N2O2/c1-5(2)10-6(3)4-9-7(10)8(11)12/h4-5H,1-3H3,(H,11,12). The van der Waals surface area contributed by atoms with Gasteiger partial charge in [-0.3, -0.25) is 0 Å². The van der Waals surface area contributed by atoms with E-state index in [1.165, 1.54) is 0 Å². The summed E-state index contributed by atoms with van der Waals surface area (Å²) >= 11 is 0. The number of aromatic carboxylic acids is 1. The fraction of sp³-hybridized carbons (Fsp3) is 0.500. The van der Waals surface area contributed by atoms with Crippen molar-refractivity contribution in [1.82, 2.24) is 9.55 Å². The quantitative estimate of drug-likeness (QED) is 0.727. The van der Waals surface area contributed by atoms with Crippen LogP contribution in [0.4, 0.5) is 0 Å². The molecule has 0 atom stereocenters. The Bertz CT molecular complexity index is 302. The molecule has 0 saturated carbocycles. The first kappa shape index (κ1) is 8.77. The van der Waals surface area contributed by atoms with Crippen molar-refractivity contribution < 1.29 is 9.90 Å². The Morgan fingerprint density at radius 1 is 1.67 bits per heavy atom. The highest BCUT2D eigenvalue weighted by molar-refractivity contribution is 5.83. The largest absolute Gasteiger partial charge is 0.475 e. The molecule has 0 spiro atoms. The number of aryl methyl sites for hydroxylation is 1. The van der Waals surface area contributed by atoms with Crippen LogP contribution in [0, 0.1) is 6.92 Å². The molecule has 1 aromatic rings. The molecule has 0 radical (unpaired) electrons. The van der Waals surface area contributed by atoms with Crippen molar-refractivity contribution in [3.63, 3.8) is 0 Å². The minimum atomic E-state index is -0.975. The van der Waals surface area contributed by atoms with Crippen LogP contribution in [-0.4, -0.2) is 20.6 Å². The van der Waals surface area contributed by atoms with Crippen molar-refractivity contribution in [2.75, 3.05) is 0 Å². The molecule has 0 aromatic carbocycles. The molecule has 4 heteroatoms. The summed E-state index contributed by atoms with van der Waals surface area (Å²) in [6.07, 6.45) is 1.57. The second kappa shape index (κ2) is 2.97. The first-order valence-electron chi connectivity index (χ1n) is 3.81. The lowest BCUT2D eigenvalue weighted by Crippen LogP contribution is -2.12. The van der Waals surface area contributed by atoms with Crippen molar-refractivity contribution in [2.24, 2.45) is 0 Å². The normalized spacial score (nSPS) is 10.7. The Morgan fingerprint density at radius 2 is 2.25 bits per heavy atom. The Balaban J connectivity index is 3.21. The topological polar surface area (TPSA) is 55.1 Å². The zero-order chi connectivity index (χ0) is 9.30. The van der Waals surface area contributed by atoms with Crippen LogP contribution in [0.5, 0.6) is 0 Å². The van der Waals surface area contributed by atoms with E-state index in [9.17, 15) is 4.79 Å². The minimum absolute atomic E-state index is 0.113. The van der Waals surface area contributed by atoms with E-state index < -0.39 is 5.97 Å². The summed E-state index contributed by atoms with van der Waals surface area (Å²) in [5, 5.41) is 8.74. The number of hydrogen-bond donors (Lipinski definition) is 1. The van der Waals surface area contributed by atoms with E-state index in [-0.39, 0.29) is 11.9 Å². The van der Waals surface area contributed by atoms with Crippen molar-refractivity contribution in [3.05, 3.63) is 17.7 Å². The van der Waals surface area contributed by atoms with E-state index in [1.807, 2.05) is 20.8 Å². The van der Waals surface area contributed by atoms with E-state index in [0.717, 1.165) is 5.69 Å². The SMILES string of the molecule is Cc1cnc(C(=O)O)n1C(C)C. The maximum atomic E-state index is 10.7. The fourth-order valence-electron chi connectivity index (χ4n) is 1.26. The van der Waals surface area contributed by atoms with E-state index >= 15 is 0 Å². The van der Waals surface area contributed by atoms with Crippen LogP contribution in [-0.2, 0) is 0 Å². The van der Waals surface area contributed by atoms with Crippen molar-refractivity contribution >= 4 is 5.97 Å². The number of imidazole rings is 1. The van der Waals surface area contributed by atoms with E-state index in [0.29, 0.717) is 0 Å². The fourth-order valence-corrected chi connectivity index (χ4v) is 1.26. The molecule has 0 unspecified atom stereocenters. The number of rotatable bonds is 2. The maximum absolute atomic E-state index is 10.7. The predicted octanol–water partition coefficient (Wildman–Crippen LogP) is 1.47. The van der Waals surface area contributed by atoms with Crippen LogP contribution in [0.15, 0.2) is 6.20 Å². The molecule has 0 aliphatic rings. The third-order valence-corrected chi connectivity index (χ3v) is 1.69. The molecule has 0 aliphatic heterocycles. The summed E-state index contributed by atoms with van der Waals surface area (Å²) in [5.74, 6) is -0.862. The second-order valence-corrected chi connectivity index (χ2v) is 2.99. The summed E-state index contributed by atoms with van der Waals surface area (Å²) in [4.78, 5) is 14.5. The first-order valence-corrected chi connectivity index (χ1v) is 3.81. The molecule has 0 amide bonds. The van der Waals surface area contributed by atoms with Gasteiger partial charge < -0.3 is 9.67 Å². The van der Waals surface area contributed by atoms with E-state index in [4.69, 9.17) is 5.11 Å². The summed E-state index contributed by atoms with van der Waals surface area (Å²) in [5.41, 5.74) is 0.877. The molecule has 1 N–H and O–H groups in total. The lowest BCUT2D eigenvalue weighted by atomic mass is 10.3. The monoisotopic (exact) mass is 168 g/mol. The lowest BCUT2D eigenvalue weighted by Gasteiger charge is -2.10. The van der Waals surface area contributed by atoms with Crippen molar-refractivity contribution in [2.45, 2.75) is 26.8 Å². The zero-order valence-corrected chi connectivity index (χ0v) is 7.40. The number of carbonyl (C=O) groups is 1. The number of aromatic nitrogens is 2. The van der Waals surface area contributed by atoms with Crippen LogP contribution in [0.25, 0.3) is 0 Å². The van der Waals surface area contributed by atoms with E-state index in [1.54, 1.807) is 10.8 Å². The molecule has 0 bridgehead atoms. The van der Waals surface area contributed by atoms with Gasteiger partial charge in [0.05, 0.1) is 0 Å². The molecule has 1 aromatic heterocycles. The molecule has 66 valence electrons. The number of carboxylic acid groups (broad SMARTS) is 1. The molecule has 0 aliphatic carbocycles. The number of nitrogens with zero attached hydrogens (tertiary/aromatic N) is 2. The highest BCUT2D eigenvalue weighted by Gasteiger charge is 2.15. The molecular weight excluding hydrogens is 156 g/mol. The molecule has 4 nitrogen and oxygen atoms in total. The third kappa shape index (κ3) is 1.32. The Hall–Kier alpha value is -1.32. The average Bonchev–Trinajstić information content (AvgIpc) is 2.30. The summed E-state index contributed by atoms with van der Waals surface area (Å²) in [7, 11) is 0. The smallest absolute Gasteiger partial charge is 0.372 e. The van der Waals surface area contributed by atoms with Crippen molar-refractivity contribution in [1.29, 1.82) is 0 Å². The summed E-state index contributed by atoms with van der Waals surface area (Å²) < 4.78 is 1.70. The highest BCUT2D eigenvalue weighted by atomic mass is 16.4. The van der Waals surface area contributed by atoms with Crippen LogP contribution >= 0.6 is 0 Å². The first-order chi connectivity index (χ1) is 5.54. The van der Waals surface area contributed by atoms with Crippen LogP contribution in [0.3, 0.4) is 0 Å². The molecular formula is C8H12N2O2. The van der Waals surface area contributed by atoms with Crippen LogP contribution in [0.2, 0.25) is 0 Å². The predicted molar refractivity (Wildman–Crippen MR) is 44.3 cm³/mol. The van der Waals surface area contributed by atoms with E-state index in [2.05, 4.69) is 4.98 Å². The average molecular weight is 168 g/mol. The molecule has 1 rings (SSSR count). The molecule has 1 heterocycles. The minimum Gasteiger partial charge on any atom is -0.475 e. The van der Waals surface area contributed by atoms with Gasteiger partial charge in [0.15, 0.2) is 0 Å². The molecule has 12 heavy (non-hydrogen) atoms. The van der Waals surface area contributed by atoms with Crippen LogP contribution < -0.4 is 0 Å². The summed E-state index contributed by atoms with van der Waals surface area (Å²) in [6, 6.07) is 0.138. The molecule has 0 fully saturated rings. The number of hydrogen-bond acceptors (Lipinski definition) is 2. The van der Waals surface area contributed by atoms with Gasteiger partial charge in [-0.1, -0.05) is 0 Å². The van der Waals surface area contributed by atoms with Crippen molar-refractivity contribution in [3.8, 4) is 0 Å². The van der Waals surface area contributed by atoms with Gasteiger partial charge in [-0.15, -0.1) is 0 Å². The Kier molecular flexibility index (Phi) is 2.17. The Morgan fingerprint density at radius 3 is 2.58 bits per heavy atom. The summed E-state index contributed by atoms with van der Waals surface area (Å²) in [6.45, 7) is 5.71. The number of carboxylic acids is 1. The van der Waals surface area contributed by atoms with Gasteiger partial charge in [0.1, 0.15) is 0 Å². The molecule has 0 saturated heterocycles. The highest BCUT2D eigenvalue weighted by Crippen LogP contribution is 2.12. The Labute approximate surface area is 70.9 Å². The maximum Gasteiger partial charge on any atom is 0.372 e. The van der Waals surface area contributed by atoms with Gasteiger partial charge in [0.2, 0.25) is 5.82 Å². The zero-order valence-electron chi connectivity index (χ0n) is 7.40. The van der Waals surface area contributed by atoms with Gasteiger partial charge in [-0.2, -0.15) is 0 Å². The lowest BCUT2D eigenvalue weighted by molar-refractivity contribution is 0.0676. The van der Waals surface area contributed by atoms with Crippen LogP contribution in [0.1, 0.15) is 36.2 Å². The third-order valence-electron chi connectivity index (χ3n) is 1.69.